The van der Waals surface area contributed by atoms with Gasteiger partial charge < -0.3 is 14.8 Å². The van der Waals surface area contributed by atoms with Crippen LogP contribution in [0, 0.1) is 0 Å². The number of imidazole rings is 1. The fraction of sp³-hybridized carbons (Fsp3) is 0.125. The molecule has 0 saturated carbocycles. The highest BCUT2D eigenvalue weighted by Crippen LogP contribution is 2.30. The summed E-state index contributed by atoms with van der Waals surface area (Å²) in [6.07, 6.45) is 3.27. The Morgan fingerprint density at radius 2 is 2.12 bits per heavy atom. The summed E-state index contributed by atoms with van der Waals surface area (Å²) in [6, 6.07) is 7.58. The van der Waals surface area contributed by atoms with E-state index in [0.29, 0.717) is 11.5 Å². The molecule has 0 saturated heterocycles. The average molecular weight is 412 g/mol. The number of ether oxygens (including phenoxy) is 2. The van der Waals surface area contributed by atoms with E-state index in [9.17, 15) is 13.6 Å². The topological polar surface area (TPSA) is 64.9 Å². The molecular formula is C16H12BrF2N3O3. The van der Waals surface area contributed by atoms with Crippen LogP contribution in [-0.4, -0.2) is 29.0 Å². The van der Waals surface area contributed by atoms with Crippen molar-refractivity contribution in [2.75, 3.05) is 12.4 Å². The van der Waals surface area contributed by atoms with Gasteiger partial charge in [0, 0.05) is 11.8 Å². The molecule has 1 N–H and O–H groups in total. The Morgan fingerprint density at radius 1 is 1.32 bits per heavy atom. The number of methoxy groups -OCH3 is 1. The van der Waals surface area contributed by atoms with Gasteiger partial charge in [0.15, 0.2) is 17.1 Å². The first-order valence-electron chi connectivity index (χ1n) is 7.05. The van der Waals surface area contributed by atoms with Gasteiger partial charge in [-0.05, 0) is 46.3 Å². The molecule has 2 heterocycles. The molecule has 1 amide bonds. The summed E-state index contributed by atoms with van der Waals surface area (Å²) in [5.74, 6) is -0.0848. The van der Waals surface area contributed by atoms with Crippen LogP contribution in [0.2, 0.25) is 0 Å². The largest absolute Gasteiger partial charge is 0.493 e. The molecule has 0 radical (unpaired) electrons. The number of carbonyl (C=O) groups is 1. The summed E-state index contributed by atoms with van der Waals surface area (Å²) in [7, 11) is 1.30. The van der Waals surface area contributed by atoms with E-state index in [0.717, 1.165) is 4.47 Å². The maximum absolute atomic E-state index is 12.4. The number of amides is 1. The third-order valence-electron chi connectivity index (χ3n) is 3.37. The normalized spacial score (nSPS) is 10.9. The number of benzene rings is 1. The molecule has 0 aliphatic carbocycles. The number of carbonyl (C=O) groups excluding carboxylic acids is 1. The first-order valence-corrected chi connectivity index (χ1v) is 7.84. The number of pyridine rings is 1. The molecule has 25 heavy (non-hydrogen) atoms. The molecule has 3 rings (SSSR count). The van der Waals surface area contributed by atoms with E-state index in [1.54, 1.807) is 16.7 Å². The lowest BCUT2D eigenvalue weighted by atomic mass is 10.2. The van der Waals surface area contributed by atoms with Crippen LogP contribution >= 0.6 is 15.9 Å². The van der Waals surface area contributed by atoms with E-state index in [1.807, 2.05) is 6.07 Å². The highest BCUT2D eigenvalue weighted by molar-refractivity contribution is 9.10. The van der Waals surface area contributed by atoms with E-state index >= 15 is 0 Å². The zero-order valence-corrected chi connectivity index (χ0v) is 14.5. The number of hydrogen-bond donors (Lipinski definition) is 1. The van der Waals surface area contributed by atoms with Crippen LogP contribution in [0.5, 0.6) is 11.5 Å². The van der Waals surface area contributed by atoms with Gasteiger partial charge in [0.2, 0.25) is 0 Å². The predicted molar refractivity (Wildman–Crippen MR) is 90.5 cm³/mol. The first kappa shape index (κ1) is 17.2. The van der Waals surface area contributed by atoms with Crippen molar-refractivity contribution in [1.82, 2.24) is 9.38 Å². The summed E-state index contributed by atoms with van der Waals surface area (Å²) < 4.78 is 36.5. The third-order valence-corrected chi connectivity index (χ3v) is 3.99. The Labute approximate surface area is 149 Å². The number of nitrogens with one attached hydrogen (secondary N) is 1. The Bertz CT molecular complexity index is 930. The molecule has 0 unspecified atom stereocenters. The molecule has 0 aliphatic rings. The number of hydrogen-bond acceptors (Lipinski definition) is 4. The smallest absolute Gasteiger partial charge is 0.387 e. The van der Waals surface area contributed by atoms with E-state index in [2.05, 4.69) is 31.0 Å². The number of alkyl halides is 2. The molecule has 0 spiro atoms. The fourth-order valence-electron chi connectivity index (χ4n) is 2.26. The van der Waals surface area contributed by atoms with E-state index < -0.39 is 12.5 Å². The minimum Gasteiger partial charge on any atom is -0.493 e. The molecule has 0 atom stereocenters. The van der Waals surface area contributed by atoms with Gasteiger partial charge in [-0.1, -0.05) is 0 Å². The second kappa shape index (κ2) is 7.06. The molecular weight excluding hydrogens is 400 g/mol. The Morgan fingerprint density at radius 3 is 2.84 bits per heavy atom. The number of anilines is 1. The van der Waals surface area contributed by atoms with E-state index in [4.69, 9.17) is 4.74 Å². The molecule has 1 aromatic carbocycles. The van der Waals surface area contributed by atoms with Crippen molar-refractivity contribution in [3.63, 3.8) is 0 Å². The molecule has 0 bridgehead atoms. The van der Waals surface area contributed by atoms with E-state index in [-0.39, 0.29) is 17.1 Å². The van der Waals surface area contributed by atoms with Gasteiger partial charge in [0.1, 0.15) is 5.82 Å². The minimum atomic E-state index is -2.98. The summed E-state index contributed by atoms with van der Waals surface area (Å²) in [4.78, 5) is 16.7. The SMILES string of the molecule is COc1cc(C(=O)Nc2cnc3c(Br)cccn23)ccc1OC(F)F. The van der Waals surface area contributed by atoms with Gasteiger partial charge in [-0.15, -0.1) is 0 Å². The fourth-order valence-corrected chi connectivity index (χ4v) is 2.71. The van der Waals surface area contributed by atoms with Crippen molar-refractivity contribution in [3.8, 4) is 11.5 Å². The summed E-state index contributed by atoms with van der Waals surface area (Å²) in [6.45, 7) is -2.98. The lowest BCUT2D eigenvalue weighted by molar-refractivity contribution is -0.0512. The van der Waals surface area contributed by atoms with Crippen molar-refractivity contribution in [2.24, 2.45) is 0 Å². The van der Waals surface area contributed by atoms with Gasteiger partial charge in [-0.3, -0.25) is 9.20 Å². The van der Waals surface area contributed by atoms with Crippen LogP contribution in [0.15, 0.2) is 47.2 Å². The Hall–Kier alpha value is -2.68. The zero-order chi connectivity index (χ0) is 18.0. The predicted octanol–water partition coefficient (Wildman–Crippen LogP) is 3.96. The van der Waals surface area contributed by atoms with Crippen LogP contribution in [-0.2, 0) is 0 Å². The van der Waals surface area contributed by atoms with Gasteiger partial charge in [-0.25, -0.2) is 4.98 Å². The Balaban J connectivity index is 1.86. The molecule has 3 aromatic rings. The summed E-state index contributed by atoms with van der Waals surface area (Å²) in [5, 5.41) is 2.72. The average Bonchev–Trinajstić information content (AvgIpc) is 2.99. The van der Waals surface area contributed by atoms with Crippen LogP contribution in [0.25, 0.3) is 5.65 Å². The molecule has 9 heteroatoms. The summed E-state index contributed by atoms with van der Waals surface area (Å²) >= 11 is 3.38. The second-order valence-corrected chi connectivity index (χ2v) is 5.75. The summed E-state index contributed by atoms with van der Waals surface area (Å²) in [5.41, 5.74) is 0.875. The number of fused-ring (bicyclic) bond motifs is 1. The zero-order valence-electron chi connectivity index (χ0n) is 12.9. The van der Waals surface area contributed by atoms with Gasteiger partial charge in [0.05, 0.1) is 17.8 Å². The number of halogens is 3. The molecule has 130 valence electrons. The van der Waals surface area contributed by atoms with Crippen molar-refractivity contribution in [3.05, 3.63) is 52.8 Å². The van der Waals surface area contributed by atoms with Crippen molar-refractivity contribution >= 4 is 33.3 Å². The van der Waals surface area contributed by atoms with Crippen LogP contribution in [0.4, 0.5) is 14.6 Å². The monoisotopic (exact) mass is 411 g/mol. The maximum atomic E-state index is 12.4. The van der Waals surface area contributed by atoms with Crippen LogP contribution in [0.3, 0.4) is 0 Å². The van der Waals surface area contributed by atoms with Gasteiger partial charge >= 0.3 is 6.61 Å². The number of rotatable bonds is 5. The van der Waals surface area contributed by atoms with Crippen LogP contribution < -0.4 is 14.8 Å². The third kappa shape index (κ3) is 3.55. The lowest BCUT2D eigenvalue weighted by Crippen LogP contribution is -2.14. The van der Waals surface area contributed by atoms with Crippen molar-refractivity contribution < 1.29 is 23.0 Å². The minimum absolute atomic E-state index is 0.0360. The van der Waals surface area contributed by atoms with Gasteiger partial charge in [0.25, 0.3) is 5.91 Å². The highest BCUT2D eigenvalue weighted by Gasteiger charge is 2.15. The lowest BCUT2D eigenvalue weighted by Gasteiger charge is -2.11. The van der Waals surface area contributed by atoms with Gasteiger partial charge in [-0.2, -0.15) is 8.78 Å². The highest BCUT2D eigenvalue weighted by atomic mass is 79.9. The van der Waals surface area contributed by atoms with E-state index in [1.165, 1.54) is 31.5 Å². The number of aromatic nitrogens is 2. The Kier molecular flexibility index (Phi) is 4.84. The standard InChI is InChI=1S/C16H12BrF2N3O3/c1-24-12-7-9(4-5-11(12)25-16(18)19)15(23)21-13-8-20-14-10(17)3-2-6-22(13)14/h2-8,16H,1H3,(H,21,23). The molecule has 6 nitrogen and oxygen atoms in total. The first-order chi connectivity index (χ1) is 12.0. The number of nitrogens with zero attached hydrogens (tertiary/aromatic N) is 2. The van der Waals surface area contributed by atoms with Crippen molar-refractivity contribution in [2.45, 2.75) is 6.61 Å². The molecule has 0 aliphatic heterocycles. The molecule has 2 aromatic heterocycles. The molecule has 0 fully saturated rings. The second-order valence-electron chi connectivity index (χ2n) is 4.89. The van der Waals surface area contributed by atoms with Crippen LogP contribution in [0.1, 0.15) is 10.4 Å². The maximum Gasteiger partial charge on any atom is 0.387 e. The quantitative estimate of drug-likeness (QED) is 0.689. The van der Waals surface area contributed by atoms with Crippen molar-refractivity contribution in [1.29, 1.82) is 0 Å².